The zero-order chi connectivity index (χ0) is 22.1. The number of carbonyl (C=O) groups excluding carboxylic acids is 1. The second-order valence-electron chi connectivity index (χ2n) is 6.18. The third-order valence-electron chi connectivity index (χ3n) is 4.33. The molecule has 0 bridgehead atoms. The molecule has 1 amide bonds. The minimum absolute atomic E-state index is 0.202. The average Bonchev–Trinajstić information content (AvgIpc) is 2.73. The summed E-state index contributed by atoms with van der Waals surface area (Å²) in [5, 5.41) is 13.9. The fourth-order valence-electron chi connectivity index (χ4n) is 2.91. The lowest BCUT2D eigenvalue weighted by molar-refractivity contribution is -0.385. The maximum absolute atomic E-state index is 12.5. The van der Waals surface area contributed by atoms with E-state index in [2.05, 4.69) is 15.0 Å². The van der Waals surface area contributed by atoms with Crippen LogP contribution >= 0.6 is 0 Å². The highest BCUT2D eigenvalue weighted by Gasteiger charge is 2.25. The zero-order valence-corrected chi connectivity index (χ0v) is 16.6. The van der Waals surface area contributed by atoms with Gasteiger partial charge in [0.1, 0.15) is 5.56 Å². The molecule has 30 heavy (non-hydrogen) atoms. The Balaban J connectivity index is 2.06. The van der Waals surface area contributed by atoms with Crippen molar-refractivity contribution in [3.8, 4) is 11.5 Å². The maximum Gasteiger partial charge on any atom is 0.387 e. The summed E-state index contributed by atoms with van der Waals surface area (Å²) in [4.78, 5) is 25.1. The number of hydrogen-bond donors (Lipinski definition) is 1. The van der Waals surface area contributed by atoms with Crippen LogP contribution < -0.4 is 19.7 Å². The molecule has 0 saturated heterocycles. The van der Waals surface area contributed by atoms with Crippen molar-refractivity contribution in [1.82, 2.24) is 5.32 Å². The number of benzene rings is 2. The van der Waals surface area contributed by atoms with Crippen molar-refractivity contribution in [2.75, 3.05) is 31.6 Å². The van der Waals surface area contributed by atoms with E-state index in [1.54, 1.807) is 0 Å². The maximum atomic E-state index is 12.5. The van der Waals surface area contributed by atoms with Gasteiger partial charge in [0.05, 0.1) is 18.1 Å². The summed E-state index contributed by atoms with van der Waals surface area (Å²) in [6.07, 6.45) is 0.603. The monoisotopic (exact) mass is 423 g/mol. The van der Waals surface area contributed by atoms with Gasteiger partial charge in [0.25, 0.3) is 11.6 Å². The van der Waals surface area contributed by atoms with Crippen molar-refractivity contribution in [2.24, 2.45) is 0 Å². The summed E-state index contributed by atoms with van der Waals surface area (Å²) < 4.78 is 34.2. The lowest BCUT2D eigenvalue weighted by atomic mass is 10.1. The summed E-state index contributed by atoms with van der Waals surface area (Å²) >= 11 is 0. The van der Waals surface area contributed by atoms with Crippen molar-refractivity contribution in [3.63, 3.8) is 0 Å². The van der Waals surface area contributed by atoms with E-state index in [1.165, 1.54) is 7.11 Å². The lowest BCUT2D eigenvalue weighted by Crippen LogP contribution is -2.30. The fourth-order valence-corrected chi connectivity index (χ4v) is 2.91. The number of carbonyl (C=O) groups is 1. The molecular weight excluding hydrogens is 400 g/mol. The highest BCUT2D eigenvalue weighted by molar-refractivity contribution is 5.99. The number of halogens is 2. The predicted octanol–water partition coefficient (Wildman–Crippen LogP) is 3.85. The van der Waals surface area contributed by atoms with Gasteiger partial charge in [-0.05, 0) is 25.5 Å². The number of nitrogens with one attached hydrogen (secondary N) is 1. The summed E-state index contributed by atoms with van der Waals surface area (Å²) in [5.41, 5.74) is 0.110. The molecule has 0 unspecified atom stereocenters. The summed E-state index contributed by atoms with van der Waals surface area (Å²) in [7, 11) is 1.18. The molecule has 0 heterocycles. The Hall–Kier alpha value is -3.43. The average molecular weight is 423 g/mol. The molecule has 0 saturated carbocycles. The molecule has 2 aromatic rings. The molecular formula is C20H23F2N3O5. The third-order valence-corrected chi connectivity index (χ3v) is 4.33. The van der Waals surface area contributed by atoms with Gasteiger partial charge < -0.3 is 19.7 Å². The molecule has 0 radical (unpaired) electrons. The normalized spacial score (nSPS) is 10.6. The largest absolute Gasteiger partial charge is 0.493 e. The molecule has 0 fully saturated rings. The molecule has 0 aliphatic heterocycles. The van der Waals surface area contributed by atoms with Crippen LogP contribution in [0.4, 0.5) is 20.2 Å². The van der Waals surface area contributed by atoms with Crippen LogP contribution in [0.15, 0.2) is 42.5 Å². The number of nitro benzene ring substituents is 1. The van der Waals surface area contributed by atoms with Gasteiger partial charge in [-0.3, -0.25) is 14.9 Å². The van der Waals surface area contributed by atoms with Gasteiger partial charge in [0.2, 0.25) is 0 Å². The first-order valence-electron chi connectivity index (χ1n) is 9.26. The highest BCUT2D eigenvalue weighted by Crippen LogP contribution is 2.35. The Morgan fingerprint density at radius 1 is 1.23 bits per heavy atom. The lowest BCUT2D eigenvalue weighted by Gasteiger charge is -2.23. The van der Waals surface area contributed by atoms with Crippen LogP contribution in [0.2, 0.25) is 0 Å². The van der Waals surface area contributed by atoms with Crippen LogP contribution in [0.25, 0.3) is 0 Å². The third kappa shape index (κ3) is 6.03. The van der Waals surface area contributed by atoms with E-state index in [0.717, 1.165) is 24.4 Å². The number of amides is 1. The number of para-hydroxylation sites is 1. The summed E-state index contributed by atoms with van der Waals surface area (Å²) in [5.74, 6) is -1.42. The second kappa shape index (κ2) is 10.9. The van der Waals surface area contributed by atoms with Gasteiger partial charge in [-0.2, -0.15) is 8.78 Å². The topological polar surface area (TPSA) is 93.9 Å². The van der Waals surface area contributed by atoms with Crippen molar-refractivity contribution >= 4 is 17.3 Å². The Kier molecular flexibility index (Phi) is 8.33. The van der Waals surface area contributed by atoms with E-state index in [0.29, 0.717) is 13.0 Å². The Labute approximate surface area is 172 Å². The van der Waals surface area contributed by atoms with Gasteiger partial charge in [-0.15, -0.1) is 0 Å². The molecule has 10 heteroatoms. The number of alkyl halides is 2. The number of ether oxygens (including phenoxy) is 2. The zero-order valence-electron chi connectivity index (χ0n) is 16.6. The highest BCUT2D eigenvalue weighted by atomic mass is 19.3. The van der Waals surface area contributed by atoms with E-state index in [4.69, 9.17) is 4.74 Å². The fraction of sp³-hybridized carbons (Fsp3) is 0.350. The van der Waals surface area contributed by atoms with Crippen LogP contribution in [-0.2, 0) is 0 Å². The molecule has 0 spiro atoms. The first kappa shape index (κ1) is 22.9. The first-order valence-corrected chi connectivity index (χ1v) is 9.26. The number of nitrogens with zero attached hydrogens (tertiary/aromatic N) is 2. The minimum Gasteiger partial charge on any atom is -0.493 e. The van der Waals surface area contributed by atoms with Gasteiger partial charge in [-0.1, -0.05) is 18.2 Å². The molecule has 0 aliphatic rings. The van der Waals surface area contributed by atoms with Crippen LogP contribution in [0.1, 0.15) is 23.7 Å². The molecule has 8 nitrogen and oxygen atoms in total. The summed E-state index contributed by atoms with van der Waals surface area (Å²) in [6.45, 7) is 0.560. The number of methoxy groups -OCH3 is 1. The number of anilines is 1. The van der Waals surface area contributed by atoms with Crippen molar-refractivity contribution in [1.29, 1.82) is 0 Å². The number of hydrogen-bond acceptors (Lipinski definition) is 6. The van der Waals surface area contributed by atoms with E-state index < -0.39 is 28.9 Å². The Bertz CT molecular complexity index is 865. The Morgan fingerprint density at radius 3 is 2.50 bits per heavy atom. The molecule has 2 aromatic carbocycles. The van der Waals surface area contributed by atoms with Gasteiger partial charge >= 0.3 is 6.61 Å². The van der Waals surface area contributed by atoms with Gasteiger partial charge in [0, 0.05) is 31.4 Å². The molecule has 0 atom stereocenters. The van der Waals surface area contributed by atoms with E-state index >= 15 is 0 Å². The van der Waals surface area contributed by atoms with Gasteiger partial charge in [-0.25, -0.2) is 0 Å². The van der Waals surface area contributed by atoms with E-state index in [1.807, 2.05) is 37.3 Å². The van der Waals surface area contributed by atoms with Crippen molar-refractivity contribution in [2.45, 2.75) is 20.0 Å². The Morgan fingerprint density at radius 2 is 1.93 bits per heavy atom. The van der Waals surface area contributed by atoms with Crippen molar-refractivity contribution in [3.05, 3.63) is 58.1 Å². The SMILES string of the molecule is CCN(CCCNC(=O)c1cc(OC)c(OC(F)F)cc1[N+](=O)[O-])c1ccccc1. The van der Waals surface area contributed by atoms with Crippen LogP contribution in [0, 0.1) is 10.1 Å². The molecule has 162 valence electrons. The van der Waals surface area contributed by atoms with Crippen molar-refractivity contribution < 1.29 is 28.0 Å². The molecule has 0 aliphatic carbocycles. The van der Waals surface area contributed by atoms with Gasteiger partial charge in [0.15, 0.2) is 11.5 Å². The molecule has 2 rings (SSSR count). The smallest absolute Gasteiger partial charge is 0.387 e. The van der Waals surface area contributed by atoms with Crippen LogP contribution in [-0.4, -0.2) is 44.2 Å². The quantitative estimate of drug-likeness (QED) is 0.335. The second-order valence-corrected chi connectivity index (χ2v) is 6.18. The number of rotatable bonds is 11. The minimum atomic E-state index is -3.19. The number of nitro groups is 1. The molecule has 1 N–H and O–H groups in total. The summed E-state index contributed by atoms with van der Waals surface area (Å²) in [6, 6.07) is 11.6. The van der Waals surface area contributed by atoms with E-state index in [-0.39, 0.29) is 17.9 Å². The standard InChI is InChI=1S/C20H23F2N3O5/c1-3-24(14-8-5-4-6-9-14)11-7-10-23-19(26)15-12-17(29-2)18(30-20(21)22)13-16(15)25(27)28/h4-6,8-9,12-13,20H,3,7,10-11H2,1-2H3,(H,23,26). The van der Waals surface area contributed by atoms with E-state index in [9.17, 15) is 23.7 Å². The predicted molar refractivity (Wildman–Crippen MR) is 108 cm³/mol. The van der Waals surface area contributed by atoms with Crippen LogP contribution in [0.3, 0.4) is 0 Å². The first-order chi connectivity index (χ1) is 14.4. The van der Waals surface area contributed by atoms with Crippen LogP contribution in [0.5, 0.6) is 11.5 Å². The molecule has 0 aromatic heterocycles.